The molecule has 5 nitrogen and oxygen atoms in total. The van der Waals surface area contributed by atoms with E-state index in [0.29, 0.717) is 17.4 Å². The van der Waals surface area contributed by atoms with Crippen molar-refractivity contribution in [1.82, 2.24) is 0 Å². The van der Waals surface area contributed by atoms with Crippen molar-refractivity contribution in [2.75, 3.05) is 27.7 Å². The number of unbranched alkanes of at least 4 members (excludes halogenated alkanes) is 12. The molecule has 0 bridgehead atoms. The molecule has 0 N–H and O–H groups in total. The van der Waals surface area contributed by atoms with Crippen LogP contribution in [0.4, 0.5) is 0 Å². The molecule has 0 saturated heterocycles. The first kappa shape index (κ1) is 31.9. The van der Waals surface area contributed by atoms with Crippen molar-refractivity contribution in [2.24, 2.45) is 5.92 Å². The minimum absolute atomic E-state index is 0.238. The molecule has 5 heteroatoms. The molecule has 0 aliphatic heterocycles. The van der Waals surface area contributed by atoms with Gasteiger partial charge in [0.05, 0.1) is 21.1 Å². The van der Waals surface area contributed by atoms with Crippen LogP contribution in [0.5, 0.6) is 0 Å². The molecule has 2 atom stereocenters. The minimum atomic E-state index is -1.17. The lowest BCUT2D eigenvalue weighted by Crippen LogP contribution is -2.45. The third-order valence-corrected chi connectivity index (χ3v) is 6.32. The van der Waals surface area contributed by atoms with Crippen molar-refractivity contribution < 1.29 is 23.9 Å². The first-order chi connectivity index (χ1) is 15.6. The van der Waals surface area contributed by atoms with E-state index in [4.69, 9.17) is 4.74 Å². The summed E-state index contributed by atoms with van der Waals surface area (Å²) in [5.41, 5.74) is 0. The average molecular weight is 470 g/mol. The summed E-state index contributed by atoms with van der Waals surface area (Å²) < 4.78 is 5.95. The van der Waals surface area contributed by atoms with Crippen LogP contribution in [-0.4, -0.2) is 50.2 Å². The van der Waals surface area contributed by atoms with E-state index in [9.17, 15) is 14.7 Å². The molecule has 0 radical (unpaired) electrons. The SMILES string of the molecule is CCCCCCCCCCCCC(C)CCCCCCC(=O)OC(CC(=O)[O-])C[N+](C)(C)C. The summed E-state index contributed by atoms with van der Waals surface area (Å²) in [7, 11) is 5.86. The molecule has 0 fully saturated rings. The fourth-order valence-electron chi connectivity index (χ4n) is 4.43. The number of nitrogens with zero attached hydrogens (tertiary/aromatic N) is 1. The summed E-state index contributed by atoms with van der Waals surface area (Å²) in [5.74, 6) is -0.665. The Morgan fingerprint density at radius 2 is 1.21 bits per heavy atom. The molecule has 196 valence electrons. The van der Waals surface area contributed by atoms with Crippen molar-refractivity contribution in [1.29, 1.82) is 0 Å². The second-order valence-corrected chi connectivity index (χ2v) is 11.2. The number of hydrogen-bond acceptors (Lipinski definition) is 4. The zero-order valence-corrected chi connectivity index (χ0v) is 22.7. The van der Waals surface area contributed by atoms with Crippen molar-refractivity contribution in [3.8, 4) is 0 Å². The summed E-state index contributed by atoms with van der Waals surface area (Å²) in [4.78, 5) is 23.0. The zero-order valence-electron chi connectivity index (χ0n) is 22.7. The summed E-state index contributed by atoms with van der Waals surface area (Å²) in [6, 6.07) is 0. The number of rotatable bonds is 23. The Labute approximate surface area is 205 Å². The number of carbonyl (C=O) groups is 2. The van der Waals surface area contributed by atoms with Gasteiger partial charge in [0.1, 0.15) is 6.54 Å². The summed E-state index contributed by atoms with van der Waals surface area (Å²) in [5, 5.41) is 10.9. The number of carboxylic acid groups (broad SMARTS) is 1. The highest BCUT2D eigenvalue weighted by molar-refractivity contribution is 5.70. The summed E-state index contributed by atoms with van der Waals surface area (Å²) in [6.45, 7) is 5.11. The zero-order chi connectivity index (χ0) is 25.0. The second kappa shape index (κ2) is 20.3. The van der Waals surface area contributed by atoms with Gasteiger partial charge in [-0.15, -0.1) is 0 Å². The fourth-order valence-corrected chi connectivity index (χ4v) is 4.43. The number of carboxylic acids is 1. The first-order valence-electron chi connectivity index (χ1n) is 13.8. The van der Waals surface area contributed by atoms with Gasteiger partial charge in [-0.1, -0.05) is 110 Å². The molecule has 0 rings (SSSR count). The standard InChI is InChI=1S/C28H55NO4/c1-6-7-8-9-10-11-12-13-14-17-20-25(2)21-18-15-16-19-22-28(32)33-26(23-27(30)31)24-29(3,4)5/h25-26H,6-24H2,1-5H3. The fraction of sp³-hybridized carbons (Fsp3) is 0.929. The van der Waals surface area contributed by atoms with E-state index >= 15 is 0 Å². The predicted octanol–water partition coefficient (Wildman–Crippen LogP) is 6.03. The Balaban J connectivity index is 3.65. The van der Waals surface area contributed by atoms with Gasteiger partial charge < -0.3 is 19.1 Å². The highest BCUT2D eigenvalue weighted by atomic mass is 16.5. The van der Waals surface area contributed by atoms with E-state index < -0.39 is 12.1 Å². The molecular weight excluding hydrogens is 414 g/mol. The number of carbonyl (C=O) groups excluding carboxylic acids is 2. The molecule has 0 aromatic rings. The number of ether oxygens (including phenoxy) is 1. The Morgan fingerprint density at radius 1 is 0.758 bits per heavy atom. The maximum atomic E-state index is 12.1. The van der Waals surface area contributed by atoms with E-state index in [1.54, 1.807) is 0 Å². The third kappa shape index (κ3) is 23.8. The van der Waals surface area contributed by atoms with Crippen LogP contribution >= 0.6 is 0 Å². The van der Waals surface area contributed by atoms with E-state index in [0.717, 1.165) is 25.2 Å². The number of esters is 1. The molecule has 0 spiro atoms. The van der Waals surface area contributed by atoms with Crippen LogP contribution < -0.4 is 5.11 Å². The Kier molecular flexibility index (Phi) is 19.6. The van der Waals surface area contributed by atoms with Gasteiger partial charge in [-0.25, -0.2) is 0 Å². The third-order valence-electron chi connectivity index (χ3n) is 6.32. The van der Waals surface area contributed by atoms with Gasteiger partial charge in [-0.3, -0.25) is 4.79 Å². The molecule has 33 heavy (non-hydrogen) atoms. The van der Waals surface area contributed by atoms with Crippen LogP contribution in [-0.2, 0) is 14.3 Å². The molecular formula is C28H55NO4. The van der Waals surface area contributed by atoms with Crippen molar-refractivity contribution in [2.45, 2.75) is 136 Å². The quantitative estimate of drug-likeness (QED) is 0.104. The van der Waals surface area contributed by atoms with Crippen molar-refractivity contribution in [3.63, 3.8) is 0 Å². The van der Waals surface area contributed by atoms with E-state index in [1.807, 2.05) is 21.1 Å². The van der Waals surface area contributed by atoms with Crippen molar-refractivity contribution >= 4 is 11.9 Å². The van der Waals surface area contributed by atoms with E-state index in [2.05, 4.69) is 13.8 Å². The molecule has 2 unspecified atom stereocenters. The average Bonchev–Trinajstić information content (AvgIpc) is 2.70. The van der Waals surface area contributed by atoms with Crippen LogP contribution in [0.1, 0.15) is 129 Å². The molecule has 0 aliphatic rings. The number of likely N-dealkylation sites (N-methyl/N-ethyl adjacent to an activating group) is 1. The topological polar surface area (TPSA) is 66.4 Å². The highest BCUT2D eigenvalue weighted by Crippen LogP contribution is 2.19. The van der Waals surface area contributed by atoms with Crippen LogP contribution in [0.25, 0.3) is 0 Å². The highest BCUT2D eigenvalue weighted by Gasteiger charge is 2.22. The van der Waals surface area contributed by atoms with Gasteiger partial charge in [0, 0.05) is 18.8 Å². The minimum Gasteiger partial charge on any atom is -0.550 e. The maximum Gasteiger partial charge on any atom is 0.306 e. The van der Waals surface area contributed by atoms with Gasteiger partial charge in [0.15, 0.2) is 6.10 Å². The number of aliphatic carboxylic acids is 1. The van der Waals surface area contributed by atoms with E-state index in [-0.39, 0.29) is 12.4 Å². The van der Waals surface area contributed by atoms with Gasteiger partial charge in [0.2, 0.25) is 0 Å². The molecule has 0 aliphatic carbocycles. The second-order valence-electron chi connectivity index (χ2n) is 11.2. The van der Waals surface area contributed by atoms with Crippen LogP contribution in [0, 0.1) is 5.92 Å². The lowest BCUT2D eigenvalue weighted by molar-refractivity contribution is -0.873. The predicted molar refractivity (Wildman–Crippen MR) is 136 cm³/mol. The molecule has 0 amide bonds. The van der Waals surface area contributed by atoms with Gasteiger partial charge in [0.25, 0.3) is 0 Å². The normalized spacial score (nSPS) is 13.6. The monoisotopic (exact) mass is 469 g/mol. The molecule has 0 aromatic heterocycles. The van der Waals surface area contributed by atoms with Crippen molar-refractivity contribution in [3.05, 3.63) is 0 Å². The lowest BCUT2D eigenvalue weighted by atomic mass is 9.96. The molecule has 0 saturated carbocycles. The van der Waals surface area contributed by atoms with Crippen LogP contribution in [0.3, 0.4) is 0 Å². The molecule has 0 heterocycles. The van der Waals surface area contributed by atoms with Gasteiger partial charge in [-0.05, 0) is 12.3 Å². The first-order valence-corrected chi connectivity index (χ1v) is 13.8. The number of quaternary nitrogens is 1. The van der Waals surface area contributed by atoms with Gasteiger partial charge in [-0.2, -0.15) is 0 Å². The summed E-state index contributed by atoms with van der Waals surface area (Å²) >= 11 is 0. The Bertz CT molecular complexity index is 487. The van der Waals surface area contributed by atoms with Gasteiger partial charge >= 0.3 is 5.97 Å². The number of hydrogen-bond donors (Lipinski definition) is 0. The smallest absolute Gasteiger partial charge is 0.306 e. The largest absolute Gasteiger partial charge is 0.550 e. The van der Waals surface area contributed by atoms with E-state index in [1.165, 1.54) is 83.5 Å². The maximum absolute atomic E-state index is 12.1. The van der Waals surface area contributed by atoms with Crippen LogP contribution in [0.2, 0.25) is 0 Å². The molecule has 0 aromatic carbocycles. The lowest BCUT2D eigenvalue weighted by Gasteiger charge is -2.29. The Morgan fingerprint density at radius 3 is 1.67 bits per heavy atom. The van der Waals surface area contributed by atoms with Crippen LogP contribution in [0.15, 0.2) is 0 Å². The Hall–Kier alpha value is -1.10. The summed E-state index contributed by atoms with van der Waals surface area (Å²) in [6.07, 6.45) is 20.3.